The van der Waals surface area contributed by atoms with Gasteiger partial charge in [-0.3, -0.25) is 0 Å². The summed E-state index contributed by atoms with van der Waals surface area (Å²) in [6.45, 7) is 9.70. The van der Waals surface area contributed by atoms with Crippen molar-refractivity contribution in [2.24, 2.45) is 5.92 Å². The standard InChI is InChI=1S/C18H28N2S/c1-15-6-10-19(11-7-15)17-8-12-20(13-9-17)21-18-5-3-4-16(2)14-18/h3-5,14-15,17H,6-13H2,1-2H3. The van der Waals surface area contributed by atoms with Gasteiger partial charge < -0.3 is 4.90 Å². The van der Waals surface area contributed by atoms with Crippen molar-refractivity contribution in [2.75, 3.05) is 26.2 Å². The molecular formula is C18H28N2S. The molecule has 2 heterocycles. The first-order chi connectivity index (χ1) is 10.2. The van der Waals surface area contributed by atoms with Crippen LogP contribution < -0.4 is 0 Å². The SMILES string of the molecule is Cc1cccc(SN2CCC(N3CCC(C)CC3)CC2)c1. The van der Waals surface area contributed by atoms with Gasteiger partial charge in [0.15, 0.2) is 0 Å². The zero-order valence-corrected chi connectivity index (χ0v) is 14.2. The molecule has 2 aliphatic rings. The average Bonchev–Trinajstić information content (AvgIpc) is 2.49. The topological polar surface area (TPSA) is 6.48 Å². The normalized spacial score (nSPS) is 23.5. The number of hydrogen-bond acceptors (Lipinski definition) is 3. The van der Waals surface area contributed by atoms with E-state index in [4.69, 9.17) is 0 Å². The lowest BCUT2D eigenvalue weighted by Gasteiger charge is -2.41. The molecule has 0 saturated carbocycles. The Labute approximate surface area is 134 Å². The Bertz CT molecular complexity index is 446. The number of nitrogens with zero attached hydrogens (tertiary/aromatic N) is 2. The molecule has 0 unspecified atom stereocenters. The van der Waals surface area contributed by atoms with E-state index in [-0.39, 0.29) is 0 Å². The van der Waals surface area contributed by atoms with Crippen LogP contribution in [0.1, 0.15) is 38.2 Å². The fourth-order valence-corrected chi connectivity index (χ4v) is 4.58. The highest BCUT2D eigenvalue weighted by atomic mass is 32.2. The van der Waals surface area contributed by atoms with Gasteiger partial charge in [-0.05, 0) is 81.3 Å². The highest BCUT2D eigenvalue weighted by molar-refractivity contribution is 7.97. The zero-order chi connectivity index (χ0) is 14.7. The Morgan fingerprint density at radius 1 is 1.00 bits per heavy atom. The smallest absolute Gasteiger partial charge is 0.0232 e. The van der Waals surface area contributed by atoms with E-state index >= 15 is 0 Å². The predicted molar refractivity (Wildman–Crippen MR) is 91.6 cm³/mol. The van der Waals surface area contributed by atoms with E-state index in [0.717, 1.165) is 12.0 Å². The van der Waals surface area contributed by atoms with Crippen molar-refractivity contribution in [1.29, 1.82) is 0 Å². The van der Waals surface area contributed by atoms with Crippen molar-refractivity contribution >= 4 is 11.9 Å². The van der Waals surface area contributed by atoms with Crippen LogP contribution in [0.5, 0.6) is 0 Å². The summed E-state index contributed by atoms with van der Waals surface area (Å²) in [6.07, 6.45) is 5.48. The molecule has 0 N–H and O–H groups in total. The van der Waals surface area contributed by atoms with Crippen molar-refractivity contribution in [3.8, 4) is 0 Å². The van der Waals surface area contributed by atoms with Crippen LogP contribution in [0.15, 0.2) is 29.2 Å². The van der Waals surface area contributed by atoms with Crippen LogP contribution in [-0.4, -0.2) is 41.4 Å². The number of piperidine rings is 2. The Balaban J connectivity index is 1.47. The largest absolute Gasteiger partial charge is 0.300 e. The number of rotatable bonds is 3. The Hall–Kier alpha value is -0.510. The maximum absolute atomic E-state index is 2.76. The van der Waals surface area contributed by atoms with Gasteiger partial charge in [0, 0.05) is 24.0 Å². The summed E-state index contributed by atoms with van der Waals surface area (Å²) in [5.41, 5.74) is 1.36. The second-order valence-electron chi connectivity index (χ2n) is 6.79. The number of hydrogen-bond donors (Lipinski definition) is 0. The third-order valence-electron chi connectivity index (χ3n) is 4.98. The number of aryl methyl sites for hydroxylation is 1. The average molecular weight is 305 g/mol. The quantitative estimate of drug-likeness (QED) is 0.773. The van der Waals surface area contributed by atoms with Gasteiger partial charge >= 0.3 is 0 Å². The Morgan fingerprint density at radius 2 is 1.71 bits per heavy atom. The molecule has 2 saturated heterocycles. The third kappa shape index (κ3) is 4.24. The maximum atomic E-state index is 2.76. The van der Waals surface area contributed by atoms with Crippen molar-refractivity contribution in [1.82, 2.24) is 9.21 Å². The lowest BCUT2D eigenvalue weighted by Crippen LogP contribution is -2.46. The molecule has 3 rings (SSSR count). The van der Waals surface area contributed by atoms with E-state index in [9.17, 15) is 0 Å². The molecule has 21 heavy (non-hydrogen) atoms. The third-order valence-corrected chi connectivity index (χ3v) is 6.07. The molecule has 0 bridgehead atoms. The van der Waals surface area contributed by atoms with Gasteiger partial charge in [-0.15, -0.1) is 0 Å². The minimum atomic E-state index is 0.840. The van der Waals surface area contributed by atoms with Crippen LogP contribution in [0.25, 0.3) is 0 Å². The summed E-state index contributed by atoms with van der Waals surface area (Å²) >= 11 is 1.94. The number of benzene rings is 1. The van der Waals surface area contributed by atoms with E-state index in [1.54, 1.807) is 0 Å². The van der Waals surface area contributed by atoms with Crippen LogP contribution in [0.2, 0.25) is 0 Å². The second-order valence-corrected chi connectivity index (χ2v) is 7.96. The Kier molecular flexibility index (Phi) is 5.25. The zero-order valence-electron chi connectivity index (χ0n) is 13.4. The molecule has 2 nitrogen and oxygen atoms in total. The van der Waals surface area contributed by atoms with Gasteiger partial charge in [0.2, 0.25) is 0 Å². The van der Waals surface area contributed by atoms with Gasteiger partial charge in [0.1, 0.15) is 0 Å². The lowest BCUT2D eigenvalue weighted by molar-refractivity contribution is 0.103. The Morgan fingerprint density at radius 3 is 2.38 bits per heavy atom. The van der Waals surface area contributed by atoms with E-state index in [1.165, 1.54) is 62.3 Å². The molecular weight excluding hydrogens is 276 g/mol. The molecule has 0 atom stereocenters. The van der Waals surface area contributed by atoms with Crippen molar-refractivity contribution in [2.45, 2.75) is 50.5 Å². The predicted octanol–water partition coefficient (Wildman–Crippen LogP) is 4.20. The molecule has 3 heteroatoms. The molecule has 0 amide bonds. The van der Waals surface area contributed by atoms with Crippen LogP contribution >= 0.6 is 11.9 Å². The van der Waals surface area contributed by atoms with Crippen molar-refractivity contribution < 1.29 is 0 Å². The molecule has 2 aliphatic heterocycles. The highest BCUT2D eigenvalue weighted by Gasteiger charge is 2.27. The van der Waals surface area contributed by atoms with Crippen molar-refractivity contribution in [3.63, 3.8) is 0 Å². The first kappa shape index (κ1) is 15.4. The minimum Gasteiger partial charge on any atom is -0.300 e. The monoisotopic (exact) mass is 304 g/mol. The summed E-state index contributed by atoms with van der Waals surface area (Å²) in [7, 11) is 0. The summed E-state index contributed by atoms with van der Waals surface area (Å²) in [5.74, 6) is 0.943. The molecule has 0 spiro atoms. The summed E-state index contributed by atoms with van der Waals surface area (Å²) in [6, 6.07) is 9.71. The van der Waals surface area contributed by atoms with Gasteiger partial charge in [-0.25, -0.2) is 4.31 Å². The summed E-state index contributed by atoms with van der Waals surface area (Å²) in [5, 5.41) is 0. The highest BCUT2D eigenvalue weighted by Crippen LogP contribution is 2.29. The molecule has 1 aromatic carbocycles. The van der Waals surface area contributed by atoms with Crippen LogP contribution in [0, 0.1) is 12.8 Å². The van der Waals surface area contributed by atoms with E-state index < -0.39 is 0 Å². The van der Waals surface area contributed by atoms with Crippen molar-refractivity contribution in [3.05, 3.63) is 29.8 Å². The molecule has 0 aromatic heterocycles. The molecule has 1 aromatic rings. The first-order valence-corrected chi connectivity index (χ1v) is 9.21. The summed E-state index contributed by atoms with van der Waals surface area (Å²) < 4.78 is 2.55. The van der Waals surface area contributed by atoms with Gasteiger partial charge in [-0.1, -0.05) is 19.1 Å². The molecule has 0 aliphatic carbocycles. The van der Waals surface area contributed by atoms with E-state index in [0.29, 0.717) is 0 Å². The first-order valence-electron chi connectivity index (χ1n) is 8.44. The summed E-state index contributed by atoms with van der Waals surface area (Å²) in [4.78, 5) is 4.15. The second kappa shape index (κ2) is 7.17. The molecule has 0 radical (unpaired) electrons. The van der Waals surface area contributed by atoms with Crippen LogP contribution in [0.3, 0.4) is 0 Å². The van der Waals surface area contributed by atoms with Gasteiger partial charge in [-0.2, -0.15) is 0 Å². The van der Waals surface area contributed by atoms with E-state index in [2.05, 4.69) is 47.3 Å². The lowest BCUT2D eigenvalue weighted by atomic mass is 9.95. The number of likely N-dealkylation sites (tertiary alicyclic amines) is 1. The van der Waals surface area contributed by atoms with Gasteiger partial charge in [0.05, 0.1) is 0 Å². The molecule has 2 fully saturated rings. The van der Waals surface area contributed by atoms with Crippen LogP contribution in [-0.2, 0) is 0 Å². The van der Waals surface area contributed by atoms with E-state index in [1.807, 2.05) is 11.9 Å². The molecule has 116 valence electrons. The fourth-order valence-electron chi connectivity index (χ4n) is 3.51. The van der Waals surface area contributed by atoms with Gasteiger partial charge in [0.25, 0.3) is 0 Å². The maximum Gasteiger partial charge on any atom is 0.0232 e. The fraction of sp³-hybridized carbons (Fsp3) is 0.667. The van der Waals surface area contributed by atoms with Crippen LogP contribution in [0.4, 0.5) is 0 Å². The minimum absolute atomic E-state index is 0.840.